The van der Waals surface area contributed by atoms with Crippen LogP contribution in [0.25, 0.3) is 6.08 Å². The van der Waals surface area contributed by atoms with Crippen LogP contribution in [0.3, 0.4) is 0 Å². The number of ether oxygens (including phenoxy) is 2. The Hall–Kier alpha value is -1.93. The van der Waals surface area contributed by atoms with Crippen LogP contribution in [-0.4, -0.2) is 35.0 Å². The topological polar surface area (TPSA) is 67.9 Å². The summed E-state index contributed by atoms with van der Waals surface area (Å²) in [4.78, 5) is 24.7. The molecule has 0 radical (unpaired) electrons. The van der Waals surface area contributed by atoms with Crippen molar-refractivity contribution in [2.24, 2.45) is 0 Å². The first-order chi connectivity index (χ1) is 11.9. The van der Waals surface area contributed by atoms with E-state index in [9.17, 15) is 9.59 Å². The second-order valence-electron chi connectivity index (χ2n) is 5.26. The van der Waals surface area contributed by atoms with Gasteiger partial charge in [0.05, 0.1) is 17.7 Å². The lowest BCUT2D eigenvalue weighted by molar-refractivity contribution is -0.135. The van der Waals surface area contributed by atoms with Gasteiger partial charge in [-0.05, 0) is 65.3 Å². The van der Waals surface area contributed by atoms with Gasteiger partial charge in [-0.3, -0.25) is 9.59 Å². The fourth-order valence-corrected chi connectivity index (χ4v) is 3.16. The van der Waals surface area contributed by atoms with Crippen LogP contribution in [0.1, 0.15) is 32.8 Å². The van der Waals surface area contributed by atoms with E-state index in [0.717, 1.165) is 15.8 Å². The lowest BCUT2D eigenvalue weighted by Gasteiger charge is -2.14. The van der Waals surface area contributed by atoms with Gasteiger partial charge in [0.15, 0.2) is 16.6 Å². The molecule has 1 heterocycles. The summed E-state index contributed by atoms with van der Waals surface area (Å²) in [5, 5.41) is 2.84. The molecule has 1 aromatic carbocycles. The Balaban J connectivity index is 2.38. The number of nitrogens with one attached hydrogen (secondary N) is 1. The largest absolute Gasteiger partial charge is 0.490 e. The van der Waals surface area contributed by atoms with Gasteiger partial charge < -0.3 is 14.8 Å². The van der Waals surface area contributed by atoms with Crippen molar-refractivity contribution in [3.63, 3.8) is 0 Å². The number of nitrogens with zero attached hydrogens (tertiary/aromatic N) is 1. The van der Waals surface area contributed by atoms with Crippen molar-refractivity contribution >= 4 is 51.2 Å². The summed E-state index contributed by atoms with van der Waals surface area (Å²) < 4.78 is 12.1. The average Bonchev–Trinajstić information content (AvgIpc) is 2.81. The Bertz CT molecular complexity index is 748. The van der Waals surface area contributed by atoms with E-state index in [4.69, 9.17) is 21.7 Å². The molecule has 1 aliphatic rings. The van der Waals surface area contributed by atoms with E-state index >= 15 is 0 Å². The zero-order valence-corrected chi connectivity index (χ0v) is 16.6. The van der Waals surface area contributed by atoms with Gasteiger partial charge in [0.25, 0.3) is 5.91 Å². The fourth-order valence-electron chi connectivity index (χ4n) is 2.27. The maximum Gasteiger partial charge on any atom is 0.283 e. The van der Waals surface area contributed by atoms with E-state index in [1.807, 2.05) is 19.9 Å². The van der Waals surface area contributed by atoms with Gasteiger partial charge in [0, 0.05) is 6.92 Å². The van der Waals surface area contributed by atoms with Gasteiger partial charge in [-0.2, -0.15) is 0 Å². The molecule has 0 atom stereocenters. The van der Waals surface area contributed by atoms with Gasteiger partial charge in [0.1, 0.15) is 5.70 Å². The highest BCUT2D eigenvalue weighted by atomic mass is 79.9. The minimum atomic E-state index is -0.474. The summed E-state index contributed by atoms with van der Waals surface area (Å²) in [6, 6.07) is 3.59. The van der Waals surface area contributed by atoms with Crippen molar-refractivity contribution in [1.29, 1.82) is 0 Å². The van der Waals surface area contributed by atoms with Gasteiger partial charge in [-0.1, -0.05) is 6.92 Å². The smallest absolute Gasteiger partial charge is 0.283 e. The number of carbonyl (C=O) groups excluding carboxylic acids is 2. The molecule has 25 heavy (non-hydrogen) atoms. The average molecular weight is 427 g/mol. The molecule has 134 valence electrons. The summed E-state index contributed by atoms with van der Waals surface area (Å²) in [7, 11) is 0. The Kier molecular flexibility index (Phi) is 6.55. The number of benzene rings is 1. The van der Waals surface area contributed by atoms with Crippen molar-refractivity contribution in [1.82, 2.24) is 10.2 Å². The third-order valence-electron chi connectivity index (χ3n) is 3.29. The van der Waals surface area contributed by atoms with Crippen LogP contribution in [0.5, 0.6) is 11.5 Å². The standard InChI is InChI=1S/C17H19BrN2O4S/c1-4-6-24-15-12(18)7-11(9-14(15)23-5-2)8-13-16(22)20(10(3)21)17(25)19-13/h7-9H,4-6H2,1-3H3,(H,19,25). The lowest BCUT2D eigenvalue weighted by Crippen LogP contribution is -2.34. The van der Waals surface area contributed by atoms with Crippen LogP contribution in [0.2, 0.25) is 0 Å². The summed E-state index contributed by atoms with van der Waals surface area (Å²) in [5.41, 5.74) is 0.944. The molecular weight excluding hydrogens is 408 g/mol. The van der Waals surface area contributed by atoms with Crippen LogP contribution >= 0.6 is 28.1 Å². The van der Waals surface area contributed by atoms with E-state index in [-0.39, 0.29) is 10.8 Å². The molecule has 1 N–H and O–H groups in total. The molecule has 8 heteroatoms. The minimum absolute atomic E-state index is 0.0794. The molecule has 1 aromatic rings. The summed E-state index contributed by atoms with van der Waals surface area (Å²) >= 11 is 8.51. The number of rotatable bonds is 6. The van der Waals surface area contributed by atoms with Crippen LogP contribution < -0.4 is 14.8 Å². The molecule has 6 nitrogen and oxygen atoms in total. The molecular formula is C17H19BrN2O4S. The molecule has 0 spiro atoms. The normalized spacial score (nSPS) is 15.5. The third kappa shape index (κ3) is 4.38. The number of carbonyl (C=O) groups is 2. The fraction of sp³-hybridized carbons (Fsp3) is 0.353. The maximum atomic E-state index is 12.3. The van der Waals surface area contributed by atoms with Crippen molar-refractivity contribution < 1.29 is 19.1 Å². The van der Waals surface area contributed by atoms with Crippen molar-refractivity contribution in [2.45, 2.75) is 27.2 Å². The van der Waals surface area contributed by atoms with Gasteiger partial charge in [0.2, 0.25) is 5.91 Å². The Morgan fingerprint density at radius 1 is 1.36 bits per heavy atom. The first kappa shape index (κ1) is 19.4. The predicted octanol–water partition coefficient (Wildman–Crippen LogP) is 3.24. The Morgan fingerprint density at radius 3 is 2.64 bits per heavy atom. The minimum Gasteiger partial charge on any atom is -0.490 e. The molecule has 2 amide bonds. The molecule has 2 rings (SSSR count). The quantitative estimate of drug-likeness (QED) is 0.556. The molecule has 1 fully saturated rings. The monoisotopic (exact) mass is 426 g/mol. The van der Waals surface area contributed by atoms with Crippen molar-refractivity contribution in [2.75, 3.05) is 13.2 Å². The van der Waals surface area contributed by atoms with E-state index in [2.05, 4.69) is 21.2 Å². The number of imide groups is 1. The van der Waals surface area contributed by atoms with Crippen molar-refractivity contribution in [3.05, 3.63) is 27.9 Å². The maximum absolute atomic E-state index is 12.3. The van der Waals surface area contributed by atoms with Crippen LogP contribution in [0.15, 0.2) is 22.3 Å². The molecule has 1 saturated heterocycles. The van der Waals surface area contributed by atoms with Crippen LogP contribution in [-0.2, 0) is 9.59 Å². The first-order valence-electron chi connectivity index (χ1n) is 7.85. The van der Waals surface area contributed by atoms with Crippen LogP contribution in [0.4, 0.5) is 0 Å². The Labute approximate surface area is 160 Å². The van der Waals surface area contributed by atoms with Gasteiger partial charge in [-0.25, -0.2) is 4.90 Å². The summed E-state index contributed by atoms with van der Waals surface area (Å²) in [5.74, 6) is 0.300. The molecule has 1 aliphatic heterocycles. The number of hydrogen-bond donors (Lipinski definition) is 1. The highest BCUT2D eigenvalue weighted by molar-refractivity contribution is 9.10. The SMILES string of the molecule is CCCOc1c(Br)cc(C=C2NC(=S)N(C(C)=O)C2=O)cc1OCC. The Morgan fingerprint density at radius 2 is 2.08 bits per heavy atom. The number of halogens is 1. The third-order valence-corrected chi connectivity index (χ3v) is 4.16. The molecule has 0 aromatic heterocycles. The second kappa shape index (κ2) is 8.44. The molecule has 0 aliphatic carbocycles. The van der Waals surface area contributed by atoms with E-state index in [1.54, 1.807) is 12.1 Å². The number of hydrogen-bond acceptors (Lipinski definition) is 5. The zero-order valence-electron chi connectivity index (χ0n) is 14.2. The number of thiocarbonyl (C=S) groups is 1. The predicted molar refractivity (Wildman–Crippen MR) is 102 cm³/mol. The van der Waals surface area contributed by atoms with Crippen LogP contribution in [0, 0.1) is 0 Å². The highest BCUT2D eigenvalue weighted by Gasteiger charge is 2.33. The molecule has 0 bridgehead atoms. The summed E-state index contributed by atoms with van der Waals surface area (Å²) in [6.07, 6.45) is 2.50. The van der Waals surface area contributed by atoms with E-state index in [0.29, 0.717) is 30.3 Å². The molecule has 0 unspecified atom stereocenters. The van der Waals surface area contributed by atoms with E-state index in [1.165, 1.54) is 6.92 Å². The van der Waals surface area contributed by atoms with E-state index < -0.39 is 11.8 Å². The molecule has 0 saturated carbocycles. The lowest BCUT2D eigenvalue weighted by atomic mass is 10.1. The van der Waals surface area contributed by atoms with Gasteiger partial charge in [-0.15, -0.1) is 0 Å². The highest BCUT2D eigenvalue weighted by Crippen LogP contribution is 2.37. The number of amides is 2. The zero-order chi connectivity index (χ0) is 18.6. The first-order valence-corrected chi connectivity index (χ1v) is 9.06. The van der Waals surface area contributed by atoms with Crippen molar-refractivity contribution in [3.8, 4) is 11.5 Å². The second-order valence-corrected chi connectivity index (χ2v) is 6.50. The summed E-state index contributed by atoms with van der Waals surface area (Å²) in [6.45, 7) is 6.25. The van der Waals surface area contributed by atoms with Gasteiger partial charge >= 0.3 is 0 Å².